The molecule has 1 amide bonds. The Hall–Kier alpha value is -2.45. The number of hydrogen-bond donors (Lipinski definition) is 1. The van der Waals surface area contributed by atoms with Crippen LogP contribution in [0.3, 0.4) is 0 Å². The molecule has 1 N–H and O–H groups in total. The molecule has 0 fully saturated rings. The minimum atomic E-state index is -3.69. The molecular formula is C17H22N2O5S. The van der Waals surface area contributed by atoms with Gasteiger partial charge >= 0.3 is 5.97 Å². The van der Waals surface area contributed by atoms with Gasteiger partial charge in [-0.2, -0.15) is 4.31 Å². The number of carbonyl (C=O) groups is 2. The molecule has 0 saturated carbocycles. The molecule has 0 atom stereocenters. The van der Waals surface area contributed by atoms with Crippen LogP contribution >= 0.6 is 0 Å². The highest BCUT2D eigenvalue weighted by molar-refractivity contribution is 7.89. The molecule has 1 aromatic rings. The number of nitrogens with one attached hydrogen (secondary N) is 1. The summed E-state index contributed by atoms with van der Waals surface area (Å²) >= 11 is 0. The van der Waals surface area contributed by atoms with Crippen LogP contribution < -0.4 is 5.32 Å². The van der Waals surface area contributed by atoms with E-state index in [1.165, 1.54) is 40.7 Å². The fourth-order valence-corrected chi connectivity index (χ4v) is 3.35. The molecule has 0 bridgehead atoms. The molecule has 0 aliphatic rings. The molecule has 0 saturated heterocycles. The predicted molar refractivity (Wildman–Crippen MR) is 95.5 cm³/mol. The minimum absolute atomic E-state index is 0.0830. The number of nitrogens with zero attached hydrogens (tertiary/aromatic N) is 1. The number of benzene rings is 1. The Balaban J connectivity index is 2.84. The van der Waals surface area contributed by atoms with Crippen molar-refractivity contribution in [1.82, 2.24) is 4.31 Å². The molecule has 0 spiro atoms. The van der Waals surface area contributed by atoms with Crippen molar-refractivity contribution >= 4 is 27.6 Å². The number of sulfonamides is 1. The zero-order chi connectivity index (χ0) is 18.9. The van der Waals surface area contributed by atoms with E-state index in [1.54, 1.807) is 6.92 Å². The molecule has 7 nitrogen and oxygen atoms in total. The fourth-order valence-electron chi connectivity index (χ4n) is 1.97. The van der Waals surface area contributed by atoms with Crippen molar-refractivity contribution in [1.29, 1.82) is 0 Å². The van der Waals surface area contributed by atoms with Crippen LogP contribution in [0.15, 0.2) is 54.5 Å². The third-order valence-electron chi connectivity index (χ3n) is 3.05. The van der Waals surface area contributed by atoms with Crippen LogP contribution in [0.2, 0.25) is 0 Å². The van der Waals surface area contributed by atoms with Crippen molar-refractivity contribution in [3.63, 3.8) is 0 Å². The molecule has 0 heterocycles. The number of rotatable bonds is 10. The molecule has 136 valence electrons. The molecule has 8 heteroatoms. The quantitative estimate of drug-likeness (QED) is 0.388. The molecule has 1 aromatic carbocycles. The van der Waals surface area contributed by atoms with Crippen LogP contribution in [0.1, 0.15) is 13.3 Å². The zero-order valence-electron chi connectivity index (χ0n) is 14.1. The van der Waals surface area contributed by atoms with Crippen molar-refractivity contribution in [3.8, 4) is 0 Å². The van der Waals surface area contributed by atoms with E-state index in [-0.39, 0.29) is 24.6 Å². The molecule has 0 aliphatic carbocycles. The number of ether oxygens (including phenoxy) is 1. The van der Waals surface area contributed by atoms with Gasteiger partial charge in [0.2, 0.25) is 15.9 Å². The van der Waals surface area contributed by atoms with Gasteiger partial charge in [-0.15, -0.1) is 13.2 Å². The van der Waals surface area contributed by atoms with E-state index in [2.05, 4.69) is 23.2 Å². The van der Waals surface area contributed by atoms with Gasteiger partial charge in [0.25, 0.3) is 0 Å². The summed E-state index contributed by atoms with van der Waals surface area (Å²) in [5, 5.41) is 2.51. The molecule has 1 rings (SSSR count). The Kier molecular flexibility index (Phi) is 8.03. The van der Waals surface area contributed by atoms with Crippen molar-refractivity contribution in [2.75, 3.05) is 25.0 Å². The fraction of sp³-hybridized carbons (Fsp3) is 0.294. The highest BCUT2D eigenvalue weighted by Gasteiger charge is 2.22. The van der Waals surface area contributed by atoms with Crippen LogP contribution in [0.5, 0.6) is 0 Å². The van der Waals surface area contributed by atoms with E-state index in [4.69, 9.17) is 0 Å². The molecule has 0 aliphatic heterocycles. The van der Waals surface area contributed by atoms with Gasteiger partial charge < -0.3 is 10.1 Å². The lowest BCUT2D eigenvalue weighted by atomic mass is 10.3. The Morgan fingerprint density at radius 1 is 1.16 bits per heavy atom. The van der Waals surface area contributed by atoms with E-state index < -0.39 is 28.3 Å². The smallest absolute Gasteiger partial charge is 0.315 e. The maximum atomic E-state index is 12.5. The SMILES string of the molecule is C=CCN(CC=C)S(=O)(=O)c1ccc(NC(=O)CC(=O)OCC)cc1. The number of amides is 1. The lowest BCUT2D eigenvalue weighted by Gasteiger charge is -2.19. The van der Waals surface area contributed by atoms with Crippen molar-refractivity contribution in [3.05, 3.63) is 49.6 Å². The van der Waals surface area contributed by atoms with Crippen LogP contribution in [-0.4, -0.2) is 44.3 Å². The summed E-state index contributed by atoms with van der Waals surface area (Å²) in [6, 6.07) is 5.68. The van der Waals surface area contributed by atoms with Crippen molar-refractivity contribution in [2.24, 2.45) is 0 Å². The highest BCUT2D eigenvalue weighted by Crippen LogP contribution is 2.18. The second kappa shape index (κ2) is 9.75. The predicted octanol–water partition coefficient (Wildman–Crippen LogP) is 1.94. The van der Waals surface area contributed by atoms with Crippen LogP contribution in [0.25, 0.3) is 0 Å². The number of anilines is 1. The third kappa shape index (κ3) is 6.17. The average Bonchev–Trinajstić information content (AvgIpc) is 2.55. The summed E-state index contributed by atoms with van der Waals surface area (Å²) in [5.41, 5.74) is 0.382. The van der Waals surface area contributed by atoms with E-state index in [9.17, 15) is 18.0 Å². The largest absolute Gasteiger partial charge is 0.466 e. The van der Waals surface area contributed by atoms with Gasteiger partial charge in [0.05, 0.1) is 11.5 Å². The van der Waals surface area contributed by atoms with Gasteiger partial charge in [-0.25, -0.2) is 8.42 Å². The second-order valence-electron chi connectivity index (χ2n) is 4.95. The monoisotopic (exact) mass is 366 g/mol. The molecule has 25 heavy (non-hydrogen) atoms. The van der Waals surface area contributed by atoms with Crippen molar-refractivity contribution < 1.29 is 22.7 Å². The molecular weight excluding hydrogens is 344 g/mol. The van der Waals surface area contributed by atoms with Gasteiger partial charge in [0, 0.05) is 18.8 Å². The van der Waals surface area contributed by atoms with Crippen LogP contribution in [0, 0.1) is 0 Å². The standard InChI is InChI=1S/C17H22N2O5S/c1-4-11-19(12-5-2)25(22,23)15-9-7-14(8-10-15)18-16(20)13-17(21)24-6-3/h4-5,7-10H,1-2,6,11-13H2,3H3,(H,18,20). The zero-order valence-corrected chi connectivity index (χ0v) is 14.9. The Bertz CT molecular complexity index is 716. The normalized spacial score (nSPS) is 11.0. The van der Waals surface area contributed by atoms with Gasteiger partial charge in [-0.05, 0) is 31.2 Å². The first-order valence-corrected chi connectivity index (χ1v) is 9.06. The van der Waals surface area contributed by atoms with E-state index in [0.717, 1.165) is 0 Å². The summed E-state index contributed by atoms with van der Waals surface area (Å²) < 4.78 is 31.0. The first kappa shape index (κ1) is 20.6. The van der Waals surface area contributed by atoms with Gasteiger partial charge in [0.1, 0.15) is 6.42 Å². The molecule has 0 radical (unpaired) electrons. The van der Waals surface area contributed by atoms with E-state index in [1.807, 2.05) is 0 Å². The van der Waals surface area contributed by atoms with Crippen molar-refractivity contribution in [2.45, 2.75) is 18.2 Å². The van der Waals surface area contributed by atoms with Crippen LogP contribution in [0.4, 0.5) is 5.69 Å². The Morgan fingerprint density at radius 3 is 2.20 bits per heavy atom. The minimum Gasteiger partial charge on any atom is -0.466 e. The highest BCUT2D eigenvalue weighted by atomic mass is 32.2. The topological polar surface area (TPSA) is 92.8 Å². The summed E-state index contributed by atoms with van der Waals surface area (Å²) in [4.78, 5) is 23.0. The van der Waals surface area contributed by atoms with E-state index >= 15 is 0 Å². The first-order valence-electron chi connectivity index (χ1n) is 7.62. The number of carbonyl (C=O) groups excluding carboxylic acids is 2. The summed E-state index contributed by atoms with van der Waals surface area (Å²) in [6.07, 6.45) is 2.58. The van der Waals surface area contributed by atoms with Gasteiger partial charge in [0.15, 0.2) is 0 Å². The average molecular weight is 366 g/mol. The summed E-state index contributed by atoms with van der Waals surface area (Å²) in [6.45, 7) is 9.26. The second-order valence-corrected chi connectivity index (χ2v) is 6.89. The number of esters is 1. The maximum Gasteiger partial charge on any atom is 0.315 e. The Morgan fingerprint density at radius 2 is 1.72 bits per heavy atom. The molecule has 0 aromatic heterocycles. The third-order valence-corrected chi connectivity index (χ3v) is 4.90. The first-order chi connectivity index (χ1) is 11.8. The number of hydrogen-bond acceptors (Lipinski definition) is 5. The maximum absolute atomic E-state index is 12.5. The molecule has 0 unspecified atom stereocenters. The Labute approximate surface area is 148 Å². The lowest BCUT2D eigenvalue weighted by molar-refractivity contribution is -0.145. The van der Waals surface area contributed by atoms with Gasteiger partial charge in [-0.1, -0.05) is 12.2 Å². The van der Waals surface area contributed by atoms with E-state index in [0.29, 0.717) is 5.69 Å². The summed E-state index contributed by atoms with van der Waals surface area (Å²) in [7, 11) is -3.69. The van der Waals surface area contributed by atoms with Gasteiger partial charge in [-0.3, -0.25) is 9.59 Å². The lowest BCUT2D eigenvalue weighted by Crippen LogP contribution is -2.31. The van der Waals surface area contributed by atoms with Crippen LogP contribution in [-0.2, 0) is 24.3 Å². The summed E-state index contributed by atoms with van der Waals surface area (Å²) in [5.74, 6) is -1.15.